The molecule has 0 aliphatic carbocycles. The maximum absolute atomic E-state index is 9.81. The lowest BCUT2D eigenvalue weighted by atomic mass is 9.98. The van der Waals surface area contributed by atoms with Crippen LogP contribution >= 0.6 is 11.6 Å². The number of hydrogen-bond donors (Lipinski definition) is 2. The van der Waals surface area contributed by atoms with E-state index in [1.54, 1.807) is 6.20 Å². The molecule has 1 aliphatic heterocycles. The van der Waals surface area contributed by atoms with Gasteiger partial charge < -0.3 is 10.6 Å². The summed E-state index contributed by atoms with van der Waals surface area (Å²) < 4.78 is 2.04. The van der Waals surface area contributed by atoms with Gasteiger partial charge in [-0.25, -0.2) is 4.68 Å². The maximum Gasteiger partial charge on any atom is 0.109 e. The van der Waals surface area contributed by atoms with Crippen LogP contribution in [-0.2, 0) is 0 Å². The summed E-state index contributed by atoms with van der Waals surface area (Å²) in [5.74, 6) is 0. The maximum atomic E-state index is 9.81. The van der Waals surface area contributed by atoms with E-state index in [1.807, 2.05) is 35.0 Å². The summed E-state index contributed by atoms with van der Waals surface area (Å²) in [5, 5.41) is 27.5. The van der Waals surface area contributed by atoms with Gasteiger partial charge >= 0.3 is 0 Å². The van der Waals surface area contributed by atoms with Gasteiger partial charge in [0.25, 0.3) is 0 Å². The Morgan fingerprint density at radius 3 is 2.51 bits per heavy atom. The summed E-state index contributed by atoms with van der Waals surface area (Å²) in [6.07, 6.45) is 6.67. The standard InChI is InChI=1S/C32H39ClN8/c1-6-21(2)36-29-23(18-34)19-35-31-26(29)16-24(17-27(31)33)37-30(22-10-8-7-9-11-22)28-20-41(39-38-28)25-12-14-40(15-13-25)32(3,4)5/h7-11,16-17,19-21,25,30,37H,6,12-15H2,1-5H3,(H,35,36). The van der Waals surface area contributed by atoms with E-state index in [4.69, 9.17) is 11.6 Å². The Morgan fingerprint density at radius 1 is 1.12 bits per heavy atom. The van der Waals surface area contributed by atoms with E-state index in [-0.39, 0.29) is 17.6 Å². The van der Waals surface area contributed by atoms with Gasteiger partial charge in [0.1, 0.15) is 11.8 Å². The van der Waals surface area contributed by atoms with Crippen molar-refractivity contribution in [3.8, 4) is 6.07 Å². The molecule has 8 nitrogen and oxygen atoms in total. The fourth-order valence-corrected chi connectivity index (χ4v) is 5.74. The van der Waals surface area contributed by atoms with Gasteiger partial charge in [0.15, 0.2) is 0 Å². The van der Waals surface area contributed by atoms with Gasteiger partial charge in [0, 0.05) is 41.9 Å². The second-order valence-electron chi connectivity index (χ2n) is 12.0. The number of nitriles is 1. The summed E-state index contributed by atoms with van der Waals surface area (Å²) >= 11 is 6.78. The number of aromatic nitrogens is 4. The number of likely N-dealkylation sites (tertiary alicyclic amines) is 1. The summed E-state index contributed by atoms with van der Waals surface area (Å²) in [4.78, 5) is 7.04. The van der Waals surface area contributed by atoms with Crippen molar-refractivity contribution in [2.24, 2.45) is 0 Å². The lowest BCUT2D eigenvalue weighted by Crippen LogP contribution is -2.46. The lowest BCUT2D eigenvalue weighted by Gasteiger charge is -2.40. The second kappa shape index (κ2) is 12.1. The van der Waals surface area contributed by atoms with Crippen molar-refractivity contribution in [2.75, 3.05) is 23.7 Å². The zero-order chi connectivity index (χ0) is 29.1. The molecule has 2 aromatic heterocycles. The molecule has 0 radical (unpaired) electrons. The Hall–Kier alpha value is -3.67. The van der Waals surface area contributed by atoms with Crippen molar-refractivity contribution < 1.29 is 0 Å². The average molecular weight is 571 g/mol. The van der Waals surface area contributed by atoms with Crippen LogP contribution in [0.5, 0.6) is 0 Å². The highest BCUT2D eigenvalue weighted by Crippen LogP contribution is 2.36. The first kappa shape index (κ1) is 28.8. The molecular formula is C32H39ClN8. The van der Waals surface area contributed by atoms with Crippen LogP contribution in [0.2, 0.25) is 5.02 Å². The van der Waals surface area contributed by atoms with Gasteiger partial charge in [-0.2, -0.15) is 5.26 Å². The fraction of sp³-hybridized carbons (Fsp3) is 0.438. The third-order valence-electron chi connectivity index (χ3n) is 8.10. The van der Waals surface area contributed by atoms with Crippen LogP contribution in [0.1, 0.15) is 82.8 Å². The third kappa shape index (κ3) is 6.32. The molecule has 1 fully saturated rings. The molecule has 0 saturated carbocycles. The Kier molecular flexibility index (Phi) is 8.48. The number of nitrogens with zero attached hydrogens (tertiary/aromatic N) is 6. The predicted molar refractivity (Wildman–Crippen MR) is 166 cm³/mol. The van der Waals surface area contributed by atoms with E-state index >= 15 is 0 Å². The van der Waals surface area contributed by atoms with Crippen LogP contribution in [0, 0.1) is 11.3 Å². The van der Waals surface area contributed by atoms with E-state index in [0.717, 1.165) is 60.4 Å². The molecule has 2 aromatic carbocycles. The summed E-state index contributed by atoms with van der Waals surface area (Å²) in [7, 11) is 0. The minimum Gasteiger partial charge on any atom is -0.381 e. The highest BCUT2D eigenvalue weighted by molar-refractivity contribution is 6.35. The van der Waals surface area contributed by atoms with Crippen molar-refractivity contribution in [2.45, 2.75) is 77.5 Å². The van der Waals surface area contributed by atoms with E-state index in [1.165, 1.54) is 0 Å². The van der Waals surface area contributed by atoms with Crippen LogP contribution in [0.25, 0.3) is 10.9 Å². The normalized spacial score (nSPS) is 16.3. The molecule has 41 heavy (non-hydrogen) atoms. The van der Waals surface area contributed by atoms with Crippen molar-refractivity contribution in [3.63, 3.8) is 0 Å². The first-order chi connectivity index (χ1) is 19.7. The SMILES string of the molecule is CCC(C)Nc1c(C#N)cnc2c(Cl)cc(NC(c3ccccc3)c3cn(C4CCN(C(C)(C)C)CC4)nn3)cc12. The van der Waals surface area contributed by atoms with E-state index in [9.17, 15) is 5.26 Å². The number of anilines is 2. The smallest absolute Gasteiger partial charge is 0.109 e. The molecule has 3 heterocycles. The minimum atomic E-state index is -0.244. The zero-order valence-electron chi connectivity index (χ0n) is 24.5. The molecule has 5 rings (SSSR count). The Labute approximate surface area is 247 Å². The topological polar surface area (TPSA) is 94.7 Å². The molecule has 2 N–H and O–H groups in total. The molecule has 4 aromatic rings. The van der Waals surface area contributed by atoms with Crippen LogP contribution in [0.4, 0.5) is 11.4 Å². The summed E-state index contributed by atoms with van der Waals surface area (Å²) in [6.45, 7) is 13.1. The Bertz CT molecular complexity index is 1530. The number of hydrogen-bond acceptors (Lipinski definition) is 7. The number of benzene rings is 2. The van der Waals surface area contributed by atoms with Crippen LogP contribution in [0.3, 0.4) is 0 Å². The van der Waals surface area contributed by atoms with Crippen molar-refractivity contribution in [1.29, 1.82) is 5.26 Å². The van der Waals surface area contributed by atoms with E-state index in [2.05, 4.69) is 89.8 Å². The van der Waals surface area contributed by atoms with Gasteiger partial charge in [-0.3, -0.25) is 9.88 Å². The number of rotatable bonds is 8. The quantitative estimate of drug-likeness (QED) is 0.231. The minimum absolute atomic E-state index is 0.176. The molecule has 2 atom stereocenters. The number of nitrogens with one attached hydrogen (secondary N) is 2. The van der Waals surface area contributed by atoms with Crippen LogP contribution in [0.15, 0.2) is 54.9 Å². The van der Waals surface area contributed by atoms with Gasteiger partial charge in [-0.1, -0.05) is 54.1 Å². The van der Waals surface area contributed by atoms with E-state index in [0.29, 0.717) is 22.1 Å². The fourth-order valence-electron chi connectivity index (χ4n) is 5.47. The number of pyridine rings is 1. The largest absolute Gasteiger partial charge is 0.381 e. The molecule has 1 saturated heterocycles. The third-order valence-corrected chi connectivity index (χ3v) is 8.39. The average Bonchev–Trinajstić information content (AvgIpc) is 3.46. The van der Waals surface area contributed by atoms with Gasteiger partial charge in [-0.05, 0) is 64.7 Å². The number of piperidine rings is 1. The zero-order valence-corrected chi connectivity index (χ0v) is 25.3. The van der Waals surface area contributed by atoms with Gasteiger partial charge in [0.05, 0.1) is 40.1 Å². The number of halogens is 1. The van der Waals surface area contributed by atoms with Gasteiger partial charge in [0.2, 0.25) is 0 Å². The highest BCUT2D eigenvalue weighted by Gasteiger charge is 2.29. The molecule has 2 unspecified atom stereocenters. The second-order valence-corrected chi connectivity index (χ2v) is 12.4. The van der Waals surface area contributed by atoms with Crippen molar-refractivity contribution in [3.05, 3.63) is 76.7 Å². The van der Waals surface area contributed by atoms with Crippen molar-refractivity contribution in [1.82, 2.24) is 24.9 Å². The summed E-state index contributed by atoms with van der Waals surface area (Å²) in [6, 6.07) is 16.7. The number of fused-ring (bicyclic) bond motifs is 1. The van der Waals surface area contributed by atoms with Crippen molar-refractivity contribution >= 4 is 33.9 Å². The molecular weight excluding hydrogens is 532 g/mol. The lowest BCUT2D eigenvalue weighted by molar-refractivity contribution is 0.0866. The first-order valence-corrected chi connectivity index (χ1v) is 14.8. The predicted octanol–water partition coefficient (Wildman–Crippen LogP) is 7.20. The molecule has 9 heteroatoms. The summed E-state index contributed by atoms with van der Waals surface area (Å²) in [5.41, 5.74) is 4.80. The highest BCUT2D eigenvalue weighted by atomic mass is 35.5. The van der Waals surface area contributed by atoms with Gasteiger partial charge in [-0.15, -0.1) is 5.10 Å². The van der Waals surface area contributed by atoms with Crippen LogP contribution < -0.4 is 10.6 Å². The van der Waals surface area contributed by atoms with E-state index < -0.39 is 0 Å². The molecule has 0 amide bonds. The monoisotopic (exact) mass is 570 g/mol. The Balaban J connectivity index is 1.48. The first-order valence-electron chi connectivity index (χ1n) is 14.4. The Morgan fingerprint density at radius 2 is 1.85 bits per heavy atom. The molecule has 1 aliphatic rings. The molecule has 0 bridgehead atoms. The van der Waals surface area contributed by atoms with Crippen LogP contribution in [-0.4, -0.2) is 49.5 Å². The molecule has 214 valence electrons. The molecule has 0 spiro atoms.